The van der Waals surface area contributed by atoms with Crippen molar-refractivity contribution in [2.45, 2.75) is 20.4 Å². The summed E-state index contributed by atoms with van der Waals surface area (Å²) in [6.07, 6.45) is 1.54. The van der Waals surface area contributed by atoms with Crippen LogP contribution in [-0.4, -0.2) is 33.9 Å². The Hall–Kier alpha value is -2.15. The standard InChI is InChI=1S/C13H14N2O4S/c1-7-10(13(17)18)4-9(19-7)6-15(3)12(16)11-5-14-8(2)20-11/h4-5H,6H2,1-3H3,(H,17,18). The maximum absolute atomic E-state index is 12.1. The zero-order chi connectivity index (χ0) is 14.9. The van der Waals surface area contributed by atoms with Crippen LogP contribution < -0.4 is 0 Å². The van der Waals surface area contributed by atoms with Gasteiger partial charge in [-0.05, 0) is 19.9 Å². The number of nitrogens with zero attached hydrogens (tertiary/aromatic N) is 2. The first kappa shape index (κ1) is 14.3. The second-order valence-corrected chi connectivity index (χ2v) is 5.63. The summed E-state index contributed by atoms with van der Waals surface area (Å²) in [4.78, 5) is 29.1. The molecule has 1 amide bonds. The van der Waals surface area contributed by atoms with Gasteiger partial charge in [0.25, 0.3) is 5.91 Å². The minimum absolute atomic E-state index is 0.120. The Labute approximate surface area is 119 Å². The number of thiazole rings is 1. The van der Waals surface area contributed by atoms with Crippen molar-refractivity contribution < 1.29 is 19.1 Å². The summed E-state index contributed by atoms with van der Waals surface area (Å²) in [5, 5.41) is 9.78. The summed E-state index contributed by atoms with van der Waals surface area (Å²) >= 11 is 1.32. The van der Waals surface area contributed by atoms with E-state index in [1.54, 1.807) is 14.0 Å². The zero-order valence-electron chi connectivity index (χ0n) is 11.3. The molecule has 0 aliphatic heterocycles. The van der Waals surface area contributed by atoms with Crippen LogP contribution >= 0.6 is 11.3 Å². The molecule has 106 valence electrons. The second kappa shape index (κ2) is 5.46. The Bertz CT molecular complexity index is 659. The highest BCUT2D eigenvalue weighted by atomic mass is 32.1. The number of carbonyl (C=O) groups is 2. The summed E-state index contributed by atoms with van der Waals surface area (Å²) < 4.78 is 5.35. The number of carboxylic acid groups (broad SMARTS) is 1. The molecule has 0 aromatic carbocycles. The van der Waals surface area contributed by atoms with Gasteiger partial charge in [-0.2, -0.15) is 0 Å². The summed E-state index contributed by atoms with van der Waals surface area (Å²) in [6, 6.07) is 1.44. The smallest absolute Gasteiger partial charge is 0.339 e. The monoisotopic (exact) mass is 294 g/mol. The van der Waals surface area contributed by atoms with Gasteiger partial charge in [-0.1, -0.05) is 0 Å². The van der Waals surface area contributed by atoms with E-state index in [1.807, 2.05) is 6.92 Å². The molecular formula is C13H14N2O4S. The van der Waals surface area contributed by atoms with E-state index in [1.165, 1.54) is 28.5 Å². The first-order valence-electron chi connectivity index (χ1n) is 5.89. The minimum Gasteiger partial charge on any atom is -0.478 e. The third kappa shape index (κ3) is 2.88. The van der Waals surface area contributed by atoms with Crippen LogP contribution in [0, 0.1) is 13.8 Å². The Morgan fingerprint density at radius 3 is 2.65 bits per heavy atom. The first-order valence-corrected chi connectivity index (χ1v) is 6.70. The van der Waals surface area contributed by atoms with Crippen LogP contribution in [0.2, 0.25) is 0 Å². The third-order valence-electron chi connectivity index (χ3n) is 2.77. The van der Waals surface area contributed by atoms with E-state index in [9.17, 15) is 9.59 Å². The molecule has 0 radical (unpaired) electrons. The highest BCUT2D eigenvalue weighted by molar-refractivity contribution is 7.13. The molecule has 20 heavy (non-hydrogen) atoms. The SMILES string of the molecule is Cc1ncc(C(=O)N(C)Cc2cc(C(=O)O)c(C)o2)s1. The lowest BCUT2D eigenvalue weighted by molar-refractivity contribution is 0.0694. The summed E-state index contributed by atoms with van der Waals surface area (Å²) in [5.74, 6) is -0.426. The second-order valence-electron chi connectivity index (χ2n) is 4.39. The lowest BCUT2D eigenvalue weighted by Crippen LogP contribution is -2.25. The van der Waals surface area contributed by atoms with E-state index >= 15 is 0 Å². The van der Waals surface area contributed by atoms with Gasteiger partial charge < -0.3 is 14.4 Å². The van der Waals surface area contributed by atoms with Gasteiger partial charge in [0.1, 0.15) is 22.0 Å². The van der Waals surface area contributed by atoms with Gasteiger partial charge in [0.15, 0.2) is 0 Å². The normalized spacial score (nSPS) is 10.6. The van der Waals surface area contributed by atoms with Crippen molar-refractivity contribution in [2.24, 2.45) is 0 Å². The number of hydrogen-bond donors (Lipinski definition) is 1. The van der Waals surface area contributed by atoms with Gasteiger partial charge in [0, 0.05) is 7.05 Å². The van der Waals surface area contributed by atoms with Crippen LogP contribution in [0.5, 0.6) is 0 Å². The van der Waals surface area contributed by atoms with Gasteiger partial charge in [-0.15, -0.1) is 11.3 Å². The highest BCUT2D eigenvalue weighted by Crippen LogP contribution is 2.18. The van der Waals surface area contributed by atoms with Crippen molar-refractivity contribution in [3.63, 3.8) is 0 Å². The number of carboxylic acids is 1. The fourth-order valence-corrected chi connectivity index (χ4v) is 2.56. The van der Waals surface area contributed by atoms with Crippen molar-refractivity contribution in [1.82, 2.24) is 9.88 Å². The Morgan fingerprint density at radius 1 is 1.45 bits per heavy atom. The van der Waals surface area contributed by atoms with E-state index in [-0.39, 0.29) is 18.0 Å². The molecular weight excluding hydrogens is 280 g/mol. The minimum atomic E-state index is -1.04. The average Bonchev–Trinajstić information content (AvgIpc) is 2.94. The molecule has 0 atom stereocenters. The van der Waals surface area contributed by atoms with E-state index in [4.69, 9.17) is 9.52 Å². The van der Waals surface area contributed by atoms with Gasteiger partial charge in [0.2, 0.25) is 0 Å². The number of carbonyl (C=O) groups excluding carboxylic acids is 1. The fraction of sp³-hybridized carbons (Fsp3) is 0.308. The Kier molecular flexibility index (Phi) is 3.89. The maximum Gasteiger partial charge on any atom is 0.339 e. The molecule has 0 bridgehead atoms. The molecule has 0 saturated heterocycles. The molecule has 0 aliphatic rings. The van der Waals surface area contributed by atoms with E-state index in [0.717, 1.165) is 5.01 Å². The number of aromatic carboxylic acids is 1. The number of aryl methyl sites for hydroxylation is 2. The van der Waals surface area contributed by atoms with Gasteiger partial charge >= 0.3 is 5.97 Å². The summed E-state index contributed by atoms with van der Waals surface area (Å²) in [6.45, 7) is 3.63. The number of furan rings is 1. The maximum atomic E-state index is 12.1. The van der Waals surface area contributed by atoms with Crippen LogP contribution in [0.1, 0.15) is 36.6 Å². The summed E-state index contributed by atoms with van der Waals surface area (Å²) in [7, 11) is 1.63. The van der Waals surface area contributed by atoms with Gasteiger partial charge in [0.05, 0.1) is 17.7 Å². The molecule has 1 N–H and O–H groups in total. The van der Waals surface area contributed by atoms with Crippen LogP contribution in [0.4, 0.5) is 0 Å². The molecule has 0 spiro atoms. The lowest BCUT2D eigenvalue weighted by atomic mass is 10.2. The van der Waals surface area contributed by atoms with Crippen molar-refractivity contribution in [3.8, 4) is 0 Å². The topological polar surface area (TPSA) is 83.6 Å². The molecule has 0 saturated carbocycles. The molecule has 2 rings (SSSR count). The van der Waals surface area contributed by atoms with Crippen molar-refractivity contribution in [3.05, 3.63) is 39.2 Å². The fourth-order valence-electron chi connectivity index (χ4n) is 1.79. The van der Waals surface area contributed by atoms with Crippen LogP contribution in [0.3, 0.4) is 0 Å². The molecule has 7 heteroatoms. The first-order chi connectivity index (χ1) is 9.38. The van der Waals surface area contributed by atoms with Crippen LogP contribution in [0.15, 0.2) is 16.7 Å². The van der Waals surface area contributed by atoms with E-state index in [0.29, 0.717) is 16.4 Å². The number of aromatic nitrogens is 1. The summed E-state index contributed by atoms with van der Waals surface area (Å²) in [5.41, 5.74) is 0.120. The molecule has 2 aromatic heterocycles. The van der Waals surface area contributed by atoms with E-state index in [2.05, 4.69) is 4.98 Å². The average molecular weight is 294 g/mol. The molecule has 6 nitrogen and oxygen atoms in total. The predicted octanol–water partition coefficient (Wildman–Crippen LogP) is 2.32. The van der Waals surface area contributed by atoms with Crippen molar-refractivity contribution in [2.75, 3.05) is 7.05 Å². The quantitative estimate of drug-likeness (QED) is 0.935. The Morgan fingerprint density at radius 2 is 2.15 bits per heavy atom. The van der Waals surface area contributed by atoms with Crippen molar-refractivity contribution >= 4 is 23.2 Å². The third-order valence-corrected chi connectivity index (χ3v) is 3.67. The highest BCUT2D eigenvalue weighted by Gasteiger charge is 2.18. The number of rotatable bonds is 4. The van der Waals surface area contributed by atoms with E-state index < -0.39 is 5.97 Å². The Balaban J connectivity index is 2.11. The molecule has 0 aliphatic carbocycles. The molecule has 2 heterocycles. The lowest BCUT2D eigenvalue weighted by Gasteiger charge is -2.14. The van der Waals surface area contributed by atoms with Gasteiger partial charge in [-0.3, -0.25) is 4.79 Å². The number of hydrogen-bond acceptors (Lipinski definition) is 5. The molecule has 0 fully saturated rings. The zero-order valence-corrected chi connectivity index (χ0v) is 12.2. The van der Waals surface area contributed by atoms with Crippen LogP contribution in [0.25, 0.3) is 0 Å². The molecule has 2 aromatic rings. The van der Waals surface area contributed by atoms with Crippen molar-refractivity contribution in [1.29, 1.82) is 0 Å². The molecule has 0 unspecified atom stereocenters. The van der Waals surface area contributed by atoms with Crippen LogP contribution in [-0.2, 0) is 6.54 Å². The largest absolute Gasteiger partial charge is 0.478 e. The number of amides is 1. The van der Waals surface area contributed by atoms with Gasteiger partial charge in [-0.25, -0.2) is 9.78 Å². The predicted molar refractivity (Wildman–Crippen MR) is 73.1 cm³/mol.